The zero-order chi connectivity index (χ0) is 26.1. The molecule has 0 bridgehead atoms. The lowest BCUT2D eigenvalue weighted by Crippen LogP contribution is -2.11. The fraction of sp³-hybridized carbons (Fsp3) is 0.0606. The van der Waals surface area contributed by atoms with E-state index in [0.717, 1.165) is 55.7 Å². The Kier molecular flexibility index (Phi) is 6.02. The zero-order valence-electron chi connectivity index (χ0n) is 20.9. The maximum absolute atomic E-state index is 12.4. The van der Waals surface area contributed by atoms with Gasteiger partial charge < -0.3 is 19.8 Å². The van der Waals surface area contributed by atoms with Crippen LogP contribution in [0, 0.1) is 0 Å². The number of amides is 1. The highest BCUT2D eigenvalue weighted by Gasteiger charge is 2.17. The highest BCUT2D eigenvalue weighted by atomic mass is 16.5. The van der Waals surface area contributed by atoms with Crippen molar-refractivity contribution >= 4 is 27.7 Å². The minimum absolute atomic E-state index is 0.438. The average Bonchev–Trinajstić information content (AvgIpc) is 3.26. The van der Waals surface area contributed by atoms with Crippen LogP contribution >= 0.6 is 0 Å². The van der Waals surface area contributed by atoms with Crippen molar-refractivity contribution in [1.82, 2.24) is 4.57 Å². The monoisotopic (exact) mass is 498 g/mol. The van der Waals surface area contributed by atoms with Crippen molar-refractivity contribution in [3.8, 4) is 28.4 Å². The summed E-state index contributed by atoms with van der Waals surface area (Å²) >= 11 is 0. The van der Waals surface area contributed by atoms with E-state index in [4.69, 9.17) is 15.2 Å². The van der Waals surface area contributed by atoms with Gasteiger partial charge in [0.25, 0.3) is 0 Å². The van der Waals surface area contributed by atoms with E-state index < -0.39 is 5.91 Å². The van der Waals surface area contributed by atoms with Gasteiger partial charge in [0.2, 0.25) is 5.91 Å². The SMILES string of the molecule is COc1ccc(-c2ccc3c4c(C(N)=O)cccc4n(Cc4cccc(Oc5ccccc5)c4)c3c2)cc1. The lowest BCUT2D eigenvalue weighted by atomic mass is 10.0. The molecule has 0 spiro atoms. The maximum atomic E-state index is 12.4. The Morgan fingerprint density at radius 1 is 0.711 bits per heavy atom. The number of primary amides is 1. The first-order valence-corrected chi connectivity index (χ1v) is 12.4. The molecule has 1 amide bonds. The van der Waals surface area contributed by atoms with E-state index in [1.54, 1.807) is 13.2 Å². The van der Waals surface area contributed by atoms with Gasteiger partial charge in [-0.05, 0) is 71.3 Å². The third-order valence-electron chi connectivity index (χ3n) is 6.80. The van der Waals surface area contributed by atoms with Gasteiger partial charge in [-0.2, -0.15) is 0 Å². The largest absolute Gasteiger partial charge is 0.497 e. The van der Waals surface area contributed by atoms with Gasteiger partial charge in [0.15, 0.2) is 0 Å². The standard InChI is InChI=1S/C33H26N2O3/c1-37-25-16-13-23(14-17-25)24-15-18-28-31(20-24)35(30-12-6-11-29(32(28)30)33(34)36)21-22-7-5-10-27(19-22)38-26-8-3-2-4-9-26/h2-20H,21H2,1H3,(H2,34,36). The summed E-state index contributed by atoms with van der Waals surface area (Å²) in [5.74, 6) is 1.93. The molecule has 2 N–H and O–H groups in total. The van der Waals surface area contributed by atoms with Crippen molar-refractivity contribution in [3.05, 3.63) is 126 Å². The van der Waals surface area contributed by atoms with E-state index in [9.17, 15) is 4.79 Å². The summed E-state index contributed by atoms with van der Waals surface area (Å²) in [4.78, 5) is 12.4. The van der Waals surface area contributed by atoms with Crippen LogP contribution < -0.4 is 15.2 Å². The molecule has 5 heteroatoms. The molecular formula is C33H26N2O3. The summed E-state index contributed by atoms with van der Waals surface area (Å²) in [5, 5.41) is 1.86. The number of methoxy groups -OCH3 is 1. The number of hydrogen-bond donors (Lipinski definition) is 1. The van der Waals surface area contributed by atoms with Gasteiger partial charge in [-0.15, -0.1) is 0 Å². The molecule has 38 heavy (non-hydrogen) atoms. The number of hydrogen-bond acceptors (Lipinski definition) is 3. The fourth-order valence-electron chi connectivity index (χ4n) is 5.00. The third-order valence-corrected chi connectivity index (χ3v) is 6.80. The normalized spacial score (nSPS) is 11.1. The van der Waals surface area contributed by atoms with Crippen LogP contribution in [-0.4, -0.2) is 17.6 Å². The number of rotatable bonds is 7. The lowest BCUT2D eigenvalue weighted by Gasteiger charge is -2.11. The molecule has 0 atom stereocenters. The van der Waals surface area contributed by atoms with Crippen LogP contribution in [0.4, 0.5) is 0 Å². The Morgan fingerprint density at radius 3 is 2.21 bits per heavy atom. The number of benzene rings is 5. The topological polar surface area (TPSA) is 66.5 Å². The Labute approximate surface area is 220 Å². The van der Waals surface area contributed by atoms with Gasteiger partial charge in [0, 0.05) is 22.9 Å². The van der Waals surface area contributed by atoms with E-state index in [0.29, 0.717) is 12.1 Å². The molecule has 186 valence electrons. The molecule has 0 radical (unpaired) electrons. The first-order chi connectivity index (χ1) is 18.6. The lowest BCUT2D eigenvalue weighted by molar-refractivity contribution is 0.100. The van der Waals surface area contributed by atoms with Crippen LogP contribution in [0.15, 0.2) is 115 Å². The molecule has 5 nitrogen and oxygen atoms in total. The second-order valence-corrected chi connectivity index (χ2v) is 9.17. The smallest absolute Gasteiger partial charge is 0.249 e. The van der Waals surface area contributed by atoms with Crippen LogP contribution in [0.25, 0.3) is 32.9 Å². The Bertz CT molecular complexity index is 1770. The van der Waals surface area contributed by atoms with Gasteiger partial charge >= 0.3 is 0 Å². The van der Waals surface area contributed by atoms with Crippen molar-refractivity contribution in [2.75, 3.05) is 7.11 Å². The molecule has 0 saturated carbocycles. The highest BCUT2D eigenvalue weighted by Crippen LogP contribution is 2.35. The first kappa shape index (κ1) is 23.4. The maximum Gasteiger partial charge on any atom is 0.249 e. The first-order valence-electron chi connectivity index (χ1n) is 12.4. The summed E-state index contributed by atoms with van der Waals surface area (Å²) in [6.45, 7) is 0.597. The predicted octanol–water partition coefficient (Wildman–Crippen LogP) is 7.41. The summed E-state index contributed by atoms with van der Waals surface area (Å²) in [7, 11) is 1.66. The van der Waals surface area contributed by atoms with Gasteiger partial charge in [-0.1, -0.05) is 60.7 Å². The molecule has 5 aromatic carbocycles. The predicted molar refractivity (Wildman–Crippen MR) is 152 cm³/mol. The molecular weight excluding hydrogens is 472 g/mol. The summed E-state index contributed by atoms with van der Waals surface area (Å²) in [5.41, 5.74) is 11.5. The number of nitrogens with two attached hydrogens (primary N) is 1. The van der Waals surface area contributed by atoms with Crippen LogP contribution in [0.2, 0.25) is 0 Å². The number of aromatic nitrogens is 1. The van der Waals surface area contributed by atoms with Crippen molar-refractivity contribution in [2.45, 2.75) is 6.54 Å². The van der Waals surface area contributed by atoms with Crippen molar-refractivity contribution in [1.29, 1.82) is 0 Å². The third kappa shape index (κ3) is 4.35. The van der Waals surface area contributed by atoms with E-state index in [1.807, 2.05) is 78.9 Å². The number of nitrogens with zero attached hydrogens (tertiary/aromatic N) is 1. The second kappa shape index (κ2) is 9.79. The molecule has 0 aliphatic heterocycles. The number of ether oxygens (including phenoxy) is 2. The molecule has 0 fully saturated rings. The van der Waals surface area contributed by atoms with Gasteiger partial charge in [-0.25, -0.2) is 0 Å². The average molecular weight is 499 g/mol. The van der Waals surface area contributed by atoms with E-state index in [-0.39, 0.29) is 0 Å². The molecule has 0 saturated heterocycles. The molecule has 0 aliphatic carbocycles. The van der Waals surface area contributed by atoms with Crippen molar-refractivity contribution in [2.24, 2.45) is 5.73 Å². The minimum Gasteiger partial charge on any atom is -0.497 e. The Hall–Kier alpha value is -5.03. The van der Waals surface area contributed by atoms with Crippen molar-refractivity contribution in [3.63, 3.8) is 0 Å². The second-order valence-electron chi connectivity index (χ2n) is 9.17. The minimum atomic E-state index is -0.438. The summed E-state index contributed by atoms with van der Waals surface area (Å²) in [6.07, 6.45) is 0. The molecule has 1 aromatic heterocycles. The van der Waals surface area contributed by atoms with Gasteiger partial charge in [-0.3, -0.25) is 4.79 Å². The van der Waals surface area contributed by atoms with Crippen LogP contribution in [0.3, 0.4) is 0 Å². The number of carbonyl (C=O) groups is 1. The number of para-hydroxylation sites is 1. The molecule has 0 unspecified atom stereocenters. The zero-order valence-corrected chi connectivity index (χ0v) is 20.9. The van der Waals surface area contributed by atoms with Crippen molar-refractivity contribution < 1.29 is 14.3 Å². The van der Waals surface area contributed by atoms with Gasteiger partial charge in [0.05, 0.1) is 18.1 Å². The van der Waals surface area contributed by atoms with Gasteiger partial charge in [0.1, 0.15) is 17.2 Å². The van der Waals surface area contributed by atoms with Crippen LogP contribution in [-0.2, 0) is 6.54 Å². The number of fused-ring (bicyclic) bond motifs is 3. The van der Waals surface area contributed by atoms with E-state index in [1.165, 1.54) is 0 Å². The van der Waals surface area contributed by atoms with Crippen LogP contribution in [0.5, 0.6) is 17.2 Å². The quantitative estimate of drug-likeness (QED) is 0.249. The summed E-state index contributed by atoms with van der Waals surface area (Å²) < 4.78 is 13.6. The molecule has 1 heterocycles. The highest BCUT2D eigenvalue weighted by molar-refractivity contribution is 6.18. The van der Waals surface area contributed by atoms with E-state index in [2.05, 4.69) is 34.9 Å². The van der Waals surface area contributed by atoms with E-state index >= 15 is 0 Å². The molecule has 6 rings (SSSR count). The Balaban J connectivity index is 1.48. The summed E-state index contributed by atoms with van der Waals surface area (Å²) in [6, 6.07) is 37.9. The number of carbonyl (C=O) groups excluding carboxylic acids is 1. The van der Waals surface area contributed by atoms with Crippen LogP contribution in [0.1, 0.15) is 15.9 Å². The molecule has 6 aromatic rings. The fourth-order valence-corrected chi connectivity index (χ4v) is 5.00. The molecule has 0 aliphatic rings. The Morgan fingerprint density at radius 2 is 1.45 bits per heavy atom.